The molecule has 2 unspecified atom stereocenters. The summed E-state index contributed by atoms with van der Waals surface area (Å²) in [6.45, 7) is 6.44. The molecule has 2 nitrogen and oxygen atoms in total. The SMILES string of the molecule is Cc1cc([C@H](C)N)ccc1OC1CCCC(C)C1. The summed E-state index contributed by atoms with van der Waals surface area (Å²) in [7, 11) is 0. The highest BCUT2D eigenvalue weighted by Gasteiger charge is 2.20. The zero-order chi connectivity index (χ0) is 13.1. The second-order valence-corrected chi connectivity index (χ2v) is 5.83. The number of benzene rings is 1. The maximum atomic E-state index is 6.15. The van der Waals surface area contributed by atoms with E-state index in [1.54, 1.807) is 0 Å². The third kappa shape index (κ3) is 3.26. The predicted molar refractivity (Wildman–Crippen MR) is 75.8 cm³/mol. The van der Waals surface area contributed by atoms with Gasteiger partial charge in [0.15, 0.2) is 0 Å². The van der Waals surface area contributed by atoms with Crippen LogP contribution in [0.4, 0.5) is 0 Å². The second kappa shape index (κ2) is 5.75. The Morgan fingerprint density at radius 1 is 1.33 bits per heavy atom. The van der Waals surface area contributed by atoms with Crippen molar-refractivity contribution in [2.45, 2.75) is 58.6 Å². The zero-order valence-corrected chi connectivity index (χ0v) is 11.8. The van der Waals surface area contributed by atoms with Crippen LogP contribution in [-0.2, 0) is 0 Å². The fraction of sp³-hybridized carbons (Fsp3) is 0.625. The normalized spacial score (nSPS) is 25.8. The highest BCUT2D eigenvalue weighted by atomic mass is 16.5. The molecule has 3 atom stereocenters. The summed E-state index contributed by atoms with van der Waals surface area (Å²) in [5.41, 5.74) is 8.27. The quantitative estimate of drug-likeness (QED) is 0.877. The molecule has 18 heavy (non-hydrogen) atoms. The van der Waals surface area contributed by atoms with Crippen molar-refractivity contribution in [2.24, 2.45) is 11.7 Å². The van der Waals surface area contributed by atoms with E-state index < -0.39 is 0 Å². The van der Waals surface area contributed by atoms with Crippen LogP contribution in [0.15, 0.2) is 18.2 Å². The van der Waals surface area contributed by atoms with Crippen LogP contribution in [-0.4, -0.2) is 6.10 Å². The molecule has 1 fully saturated rings. The van der Waals surface area contributed by atoms with Crippen molar-refractivity contribution in [2.75, 3.05) is 0 Å². The molecule has 100 valence electrons. The minimum absolute atomic E-state index is 0.0902. The summed E-state index contributed by atoms with van der Waals surface area (Å²) in [6.07, 6.45) is 5.42. The van der Waals surface area contributed by atoms with Gasteiger partial charge >= 0.3 is 0 Å². The fourth-order valence-electron chi connectivity index (χ4n) is 2.75. The van der Waals surface area contributed by atoms with E-state index in [4.69, 9.17) is 10.5 Å². The van der Waals surface area contributed by atoms with E-state index in [-0.39, 0.29) is 6.04 Å². The van der Waals surface area contributed by atoms with Crippen LogP contribution in [0.5, 0.6) is 5.75 Å². The van der Waals surface area contributed by atoms with E-state index in [0.717, 1.165) is 11.7 Å². The van der Waals surface area contributed by atoms with Crippen LogP contribution in [0.2, 0.25) is 0 Å². The van der Waals surface area contributed by atoms with Crippen molar-refractivity contribution in [1.82, 2.24) is 0 Å². The van der Waals surface area contributed by atoms with Gasteiger partial charge in [0, 0.05) is 6.04 Å². The van der Waals surface area contributed by atoms with Crippen molar-refractivity contribution in [3.8, 4) is 5.75 Å². The van der Waals surface area contributed by atoms with Gasteiger partial charge in [0.25, 0.3) is 0 Å². The largest absolute Gasteiger partial charge is 0.490 e. The van der Waals surface area contributed by atoms with E-state index in [1.807, 2.05) is 6.92 Å². The molecule has 2 N–H and O–H groups in total. The summed E-state index contributed by atoms with van der Waals surface area (Å²) in [4.78, 5) is 0. The lowest BCUT2D eigenvalue weighted by Crippen LogP contribution is -2.24. The van der Waals surface area contributed by atoms with E-state index in [1.165, 1.54) is 36.8 Å². The standard InChI is InChI=1S/C16H25NO/c1-11-5-4-6-15(9-11)18-16-8-7-14(13(3)17)10-12(16)2/h7-8,10-11,13,15H,4-6,9,17H2,1-3H3/t11?,13-,15?/m0/s1. The van der Waals surface area contributed by atoms with E-state index in [0.29, 0.717) is 6.10 Å². The maximum absolute atomic E-state index is 6.15. The van der Waals surface area contributed by atoms with Crippen molar-refractivity contribution < 1.29 is 4.74 Å². The van der Waals surface area contributed by atoms with Gasteiger partial charge in [-0.15, -0.1) is 0 Å². The van der Waals surface area contributed by atoms with Gasteiger partial charge in [-0.1, -0.05) is 25.5 Å². The van der Waals surface area contributed by atoms with Crippen molar-refractivity contribution in [3.05, 3.63) is 29.3 Å². The molecule has 1 aliphatic carbocycles. The first-order valence-corrected chi connectivity index (χ1v) is 7.09. The number of nitrogens with two attached hydrogens (primary N) is 1. The van der Waals surface area contributed by atoms with Gasteiger partial charge in [-0.3, -0.25) is 0 Å². The Kier molecular flexibility index (Phi) is 4.28. The third-order valence-electron chi connectivity index (χ3n) is 3.91. The van der Waals surface area contributed by atoms with E-state index in [2.05, 4.69) is 32.0 Å². The van der Waals surface area contributed by atoms with Gasteiger partial charge in [-0.2, -0.15) is 0 Å². The van der Waals surface area contributed by atoms with Crippen LogP contribution in [0.3, 0.4) is 0 Å². The summed E-state index contributed by atoms with van der Waals surface area (Å²) in [6, 6.07) is 6.39. The van der Waals surface area contributed by atoms with Crippen LogP contribution in [0, 0.1) is 12.8 Å². The van der Waals surface area contributed by atoms with E-state index in [9.17, 15) is 0 Å². The van der Waals surface area contributed by atoms with Gasteiger partial charge in [0.2, 0.25) is 0 Å². The minimum atomic E-state index is 0.0902. The molecule has 2 heteroatoms. The summed E-state index contributed by atoms with van der Waals surface area (Å²) in [5, 5.41) is 0. The van der Waals surface area contributed by atoms with Gasteiger partial charge in [-0.05, 0) is 56.2 Å². The second-order valence-electron chi connectivity index (χ2n) is 5.83. The Labute approximate surface area is 111 Å². The molecule has 0 aliphatic heterocycles. The molecule has 1 aliphatic rings. The van der Waals surface area contributed by atoms with Gasteiger partial charge in [0.05, 0.1) is 6.10 Å². The lowest BCUT2D eigenvalue weighted by Gasteiger charge is -2.28. The monoisotopic (exact) mass is 247 g/mol. The Morgan fingerprint density at radius 2 is 2.11 bits per heavy atom. The first-order valence-electron chi connectivity index (χ1n) is 7.09. The topological polar surface area (TPSA) is 35.2 Å². The van der Waals surface area contributed by atoms with Gasteiger partial charge in [-0.25, -0.2) is 0 Å². The molecule has 1 saturated carbocycles. The Bertz CT molecular complexity index is 400. The van der Waals surface area contributed by atoms with Gasteiger partial charge < -0.3 is 10.5 Å². The van der Waals surface area contributed by atoms with Crippen LogP contribution < -0.4 is 10.5 Å². The van der Waals surface area contributed by atoms with Gasteiger partial charge in [0.1, 0.15) is 5.75 Å². The number of hydrogen-bond acceptors (Lipinski definition) is 2. The molecule has 0 amide bonds. The Hall–Kier alpha value is -1.02. The molecule has 0 aromatic heterocycles. The minimum Gasteiger partial charge on any atom is -0.490 e. The number of aryl methyl sites for hydroxylation is 1. The first-order chi connectivity index (χ1) is 8.56. The maximum Gasteiger partial charge on any atom is 0.122 e. The lowest BCUT2D eigenvalue weighted by atomic mass is 9.88. The van der Waals surface area contributed by atoms with Crippen molar-refractivity contribution in [1.29, 1.82) is 0 Å². The molecule has 1 aromatic rings. The predicted octanol–water partition coefficient (Wildman–Crippen LogP) is 3.97. The molecular weight excluding hydrogens is 222 g/mol. The van der Waals surface area contributed by atoms with Crippen molar-refractivity contribution >= 4 is 0 Å². The van der Waals surface area contributed by atoms with Crippen molar-refractivity contribution in [3.63, 3.8) is 0 Å². The molecule has 2 rings (SSSR count). The average Bonchev–Trinajstić information content (AvgIpc) is 2.31. The molecule has 0 spiro atoms. The Morgan fingerprint density at radius 3 is 2.72 bits per heavy atom. The van der Waals surface area contributed by atoms with Crippen LogP contribution in [0.25, 0.3) is 0 Å². The Balaban J connectivity index is 2.05. The number of rotatable bonds is 3. The molecule has 0 saturated heterocycles. The van der Waals surface area contributed by atoms with E-state index >= 15 is 0 Å². The van der Waals surface area contributed by atoms with Crippen LogP contribution >= 0.6 is 0 Å². The highest BCUT2D eigenvalue weighted by molar-refractivity contribution is 5.37. The average molecular weight is 247 g/mol. The third-order valence-corrected chi connectivity index (χ3v) is 3.91. The fourth-order valence-corrected chi connectivity index (χ4v) is 2.75. The first kappa shape index (κ1) is 13.4. The highest BCUT2D eigenvalue weighted by Crippen LogP contribution is 2.29. The van der Waals surface area contributed by atoms with Crippen LogP contribution in [0.1, 0.15) is 56.7 Å². The smallest absolute Gasteiger partial charge is 0.122 e. The molecule has 0 radical (unpaired) electrons. The summed E-state index contributed by atoms with van der Waals surface area (Å²) in [5.74, 6) is 1.82. The molecule has 0 heterocycles. The summed E-state index contributed by atoms with van der Waals surface area (Å²) < 4.78 is 6.15. The molecule has 0 bridgehead atoms. The summed E-state index contributed by atoms with van der Waals surface area (Å²) >= 11 is 0. The number of ether oxygens (including phenoxy) is 1. The molecular formula is C16H25NO. The molecule has 1 aromatic carbocycles. The zero-order valence-electron chi connectivity index (χ0n) is 11.8. The lowest BCUT2D eigenvalue weighted by molar-refractivity contribution is 0.128. The number of hydrogen-bond donors (Lipinski definition) is 1.